The summed E-state index contributed by atoms with van der Waals surface area (Å²) in [6.07, 6.45) is 0. The van der Waals surface area contributed by atoms with Crippen LogP contribution in [0.3, 0.4) is 0 Å². The second-order valence-electron chi connectivity index (χ2n) is 3.23. The van der Waals surface area contributed by atoms with E-state index in [1.165, 1.54) is 0 Å². The van der Waals surface area contributed by atoms with E-state index in [2.05, 4.69) is 5.48 Å². The summed E-state index contributed by atoms with van der Waals surface area (Å²) in [6, 6.07) is 1.80. The SMILES string of the molecule is CONCc1cc(Cl)c(OC)c(C)c1OC. The molecule has 0 amide bonds. The van der Waals surface area contributed by atoms with Gasteiger partial charge in [-0.2, -0.15) is 5.48 Å². The van der Waals surface area contributed by atoms with Crippen LogP contribution in [0.1, 0.15) is 11.1 Å². The number of methoxy groups -OCH3 is 2. The Kier molecular flexibility index (Phi) is 4.86. The highest BCUT2D eigenvalue weighted by Crippen LogP contribution is 2.37. The lowest BCUT2D eigenvalue weighted by Gasteiger charge is -2.16. The summed E-state index contributed by atoms with van der Waals surface area (Å²) in [5.74, 6) is 1.39. The third kappa shape index (κ3) is 2.58. The fourth-order valence-electron chi connectivity index (χ4n) is 1.62. The third-order valence-electron chi connectivity index (χ3n) is 2.31. The lowest BCUT2D eigenvalue weighted by molar-refractivity contribution is 0.0861. The topological polar surface area (TPSA) is 39.7 Å². The number of halogens is 1. The maximum absolute atomic E-state index is 6.09. The van der Waals surface area contributed by atoms with Crippen molar-refractivity contribution < 1.29 is 14.3 Å². The van der Waals surface area contributed by atoms with Crippen LogP contribution in [-0.4, -0.2) is 21.3 Å². The molecule has 5 heteroatoms. The van der Waals surface area contributed by atoms with Crippen LogP contribution in [0, 0.1) is 6.92 Å². The van der Waals surface area contributed by atoms with Crippen molar-refractivity contribution in [1.82, 2.24) is 5.48 Å². The lowest BCUT2D eigenvalue weighted by Crippen LogP contribution is -2.12. The number of hydrogen-bond donors (Lipinski definition) is 1. The number of hydrogen-bond acceptors (Lipinski definition) is 4. The Bertz CT molecular complexity index is 369. The second kappa shape index (κ2) is 5.94. The molecule has 1 N–H and O–H groups in total. The number of hydroxylamine groups is 1. The van der Waals surface area contributed by atoms with Gasteiger partial charge in [0.1, 0.15) is 11.5 Å². The maximum atomic E-state index is 6.09. The average molecular weight is 246 g/mol. The van der Waals surface area contributed by atoms with Gasteiger partial charge in [-0.25, -0.2) is 0 Å². The molecule has 0 aliphatic heterocycles. The molecule has 16 heavy (non-hydrogen) atoms. The van der Waals surface area contributed by atoms with Crippen LogP contribution in [0.5, 0.6) is 11.5 Å². The Morgan fingerprint density at radius 1 is 1.19 bits per heavy atom. The summed E-state index contributed by atoms with van der Waals surface area (Å²) >= 11 is 6.09. The van der Waals surface area contributed by atoms with Gasteiger partial charge in [0.05, 0.1) is 26.4 Å². The van der Waals surface area contributed by atoms with E-state index in [-0.39, 0.29) is 0 Å². The Hall–Kier alpha value is -0.970. The first kappa shape index (κ1) is 13.1. The number of rotatable bonds is 5. The molecule has 4 nitrogen and oxygen atoms in total. The Morgan fingerprint density at radius 3 is 2.31 bits per heavy atom. The Labute approximate surface area is 100 Å². The van der Waals surface area contributed by atoms with E-state index in [4.69, 9.17) is 25.9 Å². The minimum absolute atomic E-state index is 0.518. The number of ether oxygens (including phenoxy) is 2. The van der Waals surface area contributed by atoms with Crippen LogP contribution in [0.25, 0.3) is 0 Å². The van der Waals surface area contributed by atoms with Crippen LogP contribution in [-0.2, 0) is 11.4 Å². The molecule has 0 saturated carbocycles. The number of benzene rings is 1. The van der Waals surface area contributed by atoms with Gasteiger partial charge in [-0.05, 0) is 13.0 Å². The molecular formula is C11H16ClNO3. The monoisotopic (exact) mass is 245 g/mol. The van der Waals surface area contributed by atoms with E-state index in [0.29, 0.717) is 17.3 Å². The van der Waals surface area contributed by atoms with Gasteiger partial charge in [-0.1, -0.05) is 11.6 Å². The molecule has 90 valence electrons. The van der Waals surface area contributed by atoms with Gasteiger partial charge in [-0.15, -0.1) is 0 Å². The normalized spacial score (nSPS) is 10.3. The minimum Gasteiger partial charge on any atom is -0.496 e. The highest BCUT2D eigenvalue weighted by atomic mass is 35.5. The van der Waals surface area contributed by atoms with Gasteiger partial charge in [0, 0.05) is 17.7 Å². The molecule has 0 atom stereocenters. The van der Waals surface area contributed by atoms with E-state index >= 15 is 0 Å². The maximum Gasteiger partial charge on any atom is 0.144 e. The molecule has 0 saturated heterocycles. The smallest absolute Gasteiger partial charge is 0.144 e. The van der Waals surface area contributed by atoms with E-state index in [1.54, 1.807) is 27.4 Å². The van der Waals surface area contributed by atoms with Crippen LogP contribution in [0.2, 0.25) is 5.02 Å². The first-order valence-electron chi connectivity index (χ1n) is 4.81. The van der Waals surface area contributed by atoms with Crippen molar-refractivity contribution >= 4 is 11.6 Å². The van der Waals surface area contributed by atoms with Crippen molar-refractivity contribution in [3.8, 4) is 11.5 Å². The van der Waals surface area contributed by atoms with Crippen molar-refractivity contribution in [3.63, 3.8) is 0 Å². The third-order valence-corrected chi connectivity index (χ3v) is 2.59. The van der Waals surface area contributed by atoms with Crippen molar-refractivity contribution in [2.24, 2.45) is 0 Å². The van der Waals surface area contributed by atoms with Gasteiger partial charge in [0.2, 0.25) is 0 Å². The van der Waals surface area contributed by atoms with Gasteiger partial charge in [0.15, 0.2) is 0 Å². The standard InChI is InChI=1S/C11H16ClNO3/c1-7-10(14-2)8(6-13-16-4)5-9(12)11(7)15-3/h5,13H,6H2,1-4H3. The predicted molar refractivity (Wildman–Crippen MR) is 63.1 cm³/mol. The van der Waals surface area contributed by atoms with Crippen LogP contribution < -0.4 is 15.0 Å². The van der Waals surface area contributed by atoms with Gasteiger partial charge >= 0.3 is 0 Å². The van der Waals surface area contributed by atoms with Crippen LogP contribution in [0.4, 0.5) is 0 Å². The Balaban J connectivity index is 3.18. The summed E-state index contributed by atoms with van der Waals surface area (Å²) in [7, 11) is 4.76. The molecule has 1 aromatic carbocycles. The Morgan fingerprint density at radius 2 is 1.81 bits per heavy atom. The zero-order chi connectivity index (χ0) is 12.1. The van der Waals surface area contributed by atoms with Gasteiger partial charge < -0.3 is 14.3 Å². The highest BCUT2D eigenvalue weighted by Gasteiger charge is 2.15. The molecule has 0 spiro atoms. The molecular weight excluding hydrogens is 230 g/mol. The molecule has 0 aliphatic carbocycles. The summed E-state index contributed by atoms with van der Waals surface area (Å²) in [4.78, 5) is 4.80. The van der Waals surface area contributed by atoms with Crippen molar-refractivity contribution in [1.29, 1.82) is 0 Å². The fraction of sp³-hybridized carbons (Fsp3) is 0.455. The summed E-state index contributed by atoms with van der Waals surface area (Å²) in [5.41, 5.74) is 4.56. The lowest BCUT2D eigenvalue weighted by atomic mass is 10.1. The molecule has 1 rings (SSSR count). The van der Waals surface area contributed by atoms with E-state index in [1.807, 2.05) is 6.92 Å². The van der Waals surface area contributed by atoms with Crippen molar-refractivity contribution in [2.75, 3.05) is 21.3 Å². The van der Waals surface area contributed by atoms with Crippen LogP contribution >= 0.6 is 11.6 Å². The van der Waals surface area contributed by atoms with E-state index < -0.39 is 0 Å². The van der Waals surface area contributed by atoms with Gasteiger partial charge in [0.25, 0.3) is 0 Å². The first-order chi connectivity index (χ1) is 7.65. The summed E-state index contributed by atoms with van der Waals surface area (Å²) < 4.78 is 10.6. The molecule has 0 aliphatic rings. The molecule has 0 radical (unpaired) electrons. The minimum atomic E-state index is 0.518. The first-order valence-corrected chi connectivity index (χ1v) is 5.19. The molecule has 1 aromatic rings. The summed E-state index contributed by atoms with van der Waals surface area (Å²) in [5, 5.41) is 0.564. The molecule has 0 unspecified atom stereocenters. The number of nitrogens with one attached hydrogen (secondary N) is 1. The molecule has 0 aromatic heterocycles. The average Bonchev–Trinajstić information content (AvgIpc) is 2.26. The quantitative estimate of drug-likeness (QED) is 0.809. The van der Waals surface area contributed by atoms with E-state index in [0.717, 1.165) is 16.9 Å². The van der Waals surface area contributed by atoms with Gasteiger partial charge in [-0.3, -0.25) is 0 Å². The van der Waals surface area contributed by atoms with E-state index in [9.17, 15) is 0 Å². The van der Waals surface area contributed by atoms with Crippen molar-refractivity contribution in [3.05, 3.63) is 22.2 Å². The highest BCUT2D eigenvalue weighted by molar-refractivity contribution is 6.32. The van der Waals surface area contributed by atoms with Crippen molar-refractivity contribution in [2.45, 2.75) is 13.5 Å². The summed E-state index contributed by atoms with van der Waals surface area (Å²) in [6.45, 7) is 2.42. The zero-order valence-corrected chi connectivity index (χ0v) is 10.6. The van der Waals surface area contributed by atoms with Crippen LogP contribution in [0.15, 0.2) is 6.07 Å². The molecule has 0 bridgehead atoms. The molecule has 0 fully saturated rings. The second-order valence-corrected chi connectivity index (χ2v) is 3.64. The molecule has 0 heterocycles. The predicted octanol–water partition coefficient (Wildman–Crippen LogP) is 2.32. The zero-order valence-electron chi connectivity index (χ0n) is 9.89. The fourth-order valence-corrected chi connectivity index (χ4v) is 1.97. The largest absolute Gasteiger partial charge is 0.496 e.